The SMILES string of the molecule is N#CCc1cc(N2CCCC2)ccc1N. The van der Waals surface area contributed by atoms with Crippen LogP contribution in [0.3, 0.4) is 0 Å². The number of nitrogens with two attached hydrogens (primary N) is 1. The van der Waals surface area contributed by atoms with Crippen molar-refractivity contribution < 1.29 is 0 Å². The molecule has 1 saturated heterocycles. The molecule has 0 amide bonds. The van der Waals surface area contributed by atoms with Gasteiger partial charge >= 0.3 is 0 Å². The fourth-order valence-corrected chi connectivity index (χ4v) is 2.00. The van der Waals surface area contributed by atoms with Crippen molar-refractivity contribution in [2.75, 3.05) is 23.7 Å². The highest BCUT2D eigenvalue weighted by Gasteiger charge is 2.13. The first-order chi connectivity index (χ1) is 7.31. The maximum absolute atomic E-state index is 8.68. The lowest BCUT2D eigenvalue weighted by Gasteiger charge is -2.18. The van der Waals surface area contributed by atoms with Crippen LogP contribution in [0.2, 0.25) is 0 Å². The third-order valence-electron chi connectivity index (χ3n) is 2.87. The van der Waals surface area contributed by atoms with Crippen LogP contribution in [-0.2, 0) is 6.42 Å². The van der Waals surface area contributed by atoms with Crippen molar-refractivity contribution in [1.29, 1.82) is 5.26 Å². The van der Waals surface area contributed by atoms with Gasteiger partial charge in [-0.3, -0.25) is 0 Å². The second-order valence-corrected chi connectivity index (χ2v) is 3.91. The van der Waals surface area contributed by atoms with Crippen molar-refractivity contribution >= 4 is 11.4 Å². The number of nitrogen functional groups attached to an aromatic ring is 1. The lowest BCUT2D eigenvalue weighted by Crippen LogP contribution is -2.17. The van der Waals surface area contributed by atoms with Crippen molar-refractivity contribution in [3.05, 3.63) is 23.8 Å². The summed E-state index contributed by atoms with van der Waals surface area (Å²) >= 11 is 0. The van der Waals surface area contributed by atoms with Gasteiger partial charge < -0.3 is 10.6 Å². The first-order valence-electron chi connectivity index (χ1n) is 5.31. The average molecular weight is 201 g/mol. The van der Waals surface area contributed by atoms with Gasteiger partial charge in [-0.2, -0.15) is 5.26 Å². The second-order valence-electron chi connectivity index (χ2n) is 3.91. The number of nitrogens with zero attached hydrogens (tertiary/aromatic N) is 2. The zero-order valence-corrected chi connectivity index (χ0v) is 8.74. The molecule has 3 heteroatoms. The molecule has 1 aliphatic rings. The van der Waals surface area contributed by atoms with Gasteiger partial charge in [-0.15, -0.1) is 0 Å². The van der Waals surface area contributed by atoms with E-state index in [1.807, 2.05) is 18.2 Å². The monoisotopic (exact) mass is 201 g/mol. The summed E-state index contributed by atoms with van der Waals surface area (Å²) in [6.07, 6.45) is 2.92. The summed E-state index contributed by atoms with van der Waals surface area (Å²) in [6.45, 7) is 2.24. The van der Waals surface area contributed by atoms with Gasteiger partial charge in [0.2, 0.25) is 0 Å². The number of nitriles is 1. The van der Waals surface area contributed by atoms with Crippen molar-refractivity contribution in [2.45, 2.75) is 19.3 Å². The van der Waals surface area contributed by atoms with Gasteiger partial charge in [0.15, 0.2) is 0 Å². The number of hydrogen-bond donors (Lipinski definition) is 1. The first kappa shape index (κ1) is 9.85. The fraction of sp³-hybridized carbons (Fsp3) is 0.417. The quantitative estimate of drug-likeness (QED) is 0.744. The Balaban J connectivity index is 2.25. The Kier molecular flexibility index (Phi) is 2.77. The third kappa shape index (κ3) is 2.04. The molecule has 0 unspecified atom stereocenters. The largest absolute Gasteiger partial charge is 0.398 e. The Hall–Kier alpha value is -1.69. The van der Waals surface area contributed by atoms with Gasteiger partial charge in [0.1, 0.15) is 0 Å². The molecule has 0 spiro atoms. The fourth-order valence-electron chi connectivity index (χ4n) is 2.00. The van der Waals surface area contributed by atoms with Crippen molar-refractivity contribution in [2.24, 2.45) is 0 Å². The molecule has 1 aromatic carbocycles. The maximum Gasteiger partial charge on any atom is 0.0670 e. The van der Waals surface area contributed by atoms with E-state index in [2.05, 4.69) is 11.0 Å². The summed E-state index contributed by atoms with van der Waals surface area (Å²) in [4.78, 5) is 2.35. The Morgan fingerprint density at radius 3 is 2.73 bits per heavy atom. The maximum atomic E-state index is 8.68. The van der Waals surface area contributed by atoms with Crippen molar-refractivity contribution in [3.8, 4) is 6.07 Å². The van der Waals surface area contributed by atoms with E-state index in [0.29, 0.717) is 6.42 Å². The molecular formula is C12H15N3. The molecule has 0 saturated carbocycles. The molecule has 0 radical (unpaired) electrons. The van der Waals surface area contributed by atoms with Crippen LogP contribution in [0.25, 0.3) is 0 Å². The van der Waals surface area contributed by atoms with E-state index >= 15 is 0 Å². The Labute approximate surface area is 90.1 Å². The zero-order valence-electron chi connectivity index (χ0n) is 8.74. The molecular weight excluding hydrogens is 186 g/mol. The number of hydrogen-bond acceptors (Lipinski definition) is 3. The average Bonchev–Trinajstić information content (AvgIpc) is 2.75. The summed E-state index contributed by atoms with van der Waals surface area (Å²) in [5, 5.41) is 8.68. The Morgan fingerprint density at radius 1 is 1.33 bits per heavy atom. The second kappa shape index (κ2) is 4.22. The highest BCUT2D eigenvalue weighted by atomic mass is 15.1. The zero-order chi connectivity index (χ0) is 10.7. The van der Waals surface area contributed by atoms with Crippen LogP contribution in [0.1, 0.15) is 18.4 Å². The van der Waals surface area contributed by atoms with Crippen LogP contribution in [0.15, 0.2) is 18.2 Å². The predicted octanol–water partition coefficient (Wildman–Crippen LogP) is 1.94. The molecule has 3 nitrogen and oxygen atoms in total. The molecule has 0 aliphatic carbocycles. The van der Waals surface area contributed by atoms with Gasteiger partial charge in [-0.25, -0.2) is 0 Å². The Morgan fingerprint density at radius 2 is 2.07 bits per heavy atom. The molecule has 2 rings (SSSR count). The minimum absolute atomic E-state index is 0.396. The van der Waals surface area contributed by atoms with Gasteiger partial charge in [-0.1, -0.05) is 0 Å². The number of anilines is 2. The number of benzene rings is 1. The third-order valence-corrected chi connectivity index (χ3v) is 2.87. The van der Waals surface area contributed by atoms with Gasteiger partial charge in [0, 0.05) is 24.5 Å². The molecule has 1 fully saturated rings. The van der Waals surface area contributed by atoms with E-state index in [1.165, 1.54) is 18.5 Å². The van der Waals surface area contributed by atoms with E-state index < -0.39 is 0 Å². The molecule has 1 aromatic rings. The van der Waals surface area contributed by atoms with Gasteiger partial charge in [-0.05, 0) is 36.6 Å². The molecule has 0 atom stereocenters. The lowest BCUT2D eigenvalue weighted by atomic mass is 10.1. The minimum Gasteiger partial charge on any atom is -0.398 e. The molecule has 1 aliphatic heterocycles. The standard InChI is InChI=1S/C12H15N3/c13-6-5-10-9-11(3-4-12(10)14)15-7-1-2-8-15/h3-4,9H,1-2,5,7-8,14H2. The molecule has 1 heterocycles. The van der Waals surface area contributed by atoms with Gasteiger partial charge in [0.05, 0.1) is 12.5 Å². The summed E-state index contributed by atoms with van der Waals surface area (Å²) in [5.74, 6) is 0. The Bertz CT molecular complexity index is 386. The first-order valence-corrected chi connectivity index (χ1v) is 5.31. The normalized spacial score (nSPS) is 15.3. The van der Waals surface area contributed by atoms with Crippen LogP contribution in [0.4, 0.5) is 11.4 Å². The summed E-state index contributed by atoms with van der Waals surface area (Å²) < 4.78 is 0. The molecule has 78 valence electrons. The van der Waals surface area contributed by atoms with Crippen LogP contribution in [0, 0.1) is 11.3 Å². The van der Waals surface area contributed by atoms with Crippen LogP contribution < -0.4 is 10.6 Å². The summed E-state index contributed by atoms with van der Waals surface area (Å²) in [7, 11) is 0. The van der Waals surface area contributed by atoms with Crippen molar-refractivity contribution in [3.63, 3.8) is 0 Å². The lowest BCUT2D eigenvalue weighted by molar-refractivity contribution is 0.949. The van der Waals surface area contributed by atoms with Crippen LogP contribution >= 0.6 is 0 Å². The van der Waals surface area contributed by atoms with Crippen LogP contribution in [-0.4, -0.2) is 13.1 Å². The predicted molar refractivity (Wildman–Crippen MR) is 61.6 cm³/mol. The number of rotatable bonds is 2. The summed E-state index contributed by atoms with van der Waals surface area (Å²) in [5.41, 5.74) is 8.67. The highest BCUT2D eigenvalue weighted by molar-refractivity contribution is 5.59. The topological polar surface area (TPSA) is 53.0 Å². The smallest absolute Gasteiger partial charge is 0.0670 e. The van der Waals surface area contributed by atoms with Crippen molar-refractivity contribution in [1.82, 2.24) is 0 Å². The van der Waals surface area contributed by atoms with E-state index in [1.54, 1.807) is 0 Å². The summed E-state index contributed by atoms with van der Waals surface area (Å²) in [6, 6.07) is 8.14. The highest BCUT2D eigenvalue weighted by Crippen LogP contribution is 2.24. The van der Waals surface area contributed by atoms with E-state index in [0.717, 1.165) is 24.3 Å². The molecule has 15 heavy (non-hydrogen) atoms. The molecule has 0 aromatic heterocycles. The van der Waals surface area contributed by atoms with Crippen LogP contribution in [0.5, 0.6) is 0 Å². The molecule has 0 bridgehead atoms. The van der Waals surface area contributed by atoms with Gasteiger partial charge in [0.25, 0.3) is 0 Å². The van der Waals surface area contributed by atoms with E-state index in [9.17, 15) is 0 Å². The van der Waals surface area contributed by atoms with E-state index in [4.69, 9.17) is 11.0 Å². The minimum atomic E-state index is 0.396. The van der Waals surface area contributed by atoms with E-state index in [-0.39, 0.29) is 0 Å². The molecule has 2 N–H and O–H groups in total.